The smallest absolute Gasteiger partial charge is 0.280 e. The number of anilines is 1. The Balaban J connectivity index is 1.93. The van der Waals surface area contributed by atoms with Crippen LogP contribution in [-0.2, 0) is 0 Å². The summed E-state index contributed by atoms with van der Waals surface area (Å²) >= 11 is 5.90. The quantitative estimate of drug-likeness (QED) is 0.674. The number of amides is 1. The molecule has 18 heavy (non-hydrogen) atoms. The van der Waals surface area contributed by atoms with Gasteiger partial charge in [0.25, 0.3) is 5.91 Å². The number of aromatic nitrogens is 5. The van der Waals surface area contributed by atoms with Crippen molar-refractivity contribution in [1.29, 1.82) is 0 Å². The van der Waals surface area contributed by atoms with Crippen LogP contribution in [0.3, 0.4) is 0 Å². The molecule has 0 aliphatic rings. The molecular formula is C9H5ClN6O2. The Morgan fingerprint density at radius 3 is 3.11 bits per heavy atom. The molecule has 1 amide bonds. The van der Waals surface area contributed by atoms with Crippen LogP contribution in [0.5, 0.6) is 0 Å². The van der Waals surface area contributed by atoms with Gasteiger partial charge in [-0.1, -0.05) is 16.8 Å². The minimum absolute atomic E-state index is 0.0487. The van der Waals surface area contributed by atoms with Crippen molar-refractivity contribution in [3.8, 4) is 0 Å². The van der Waals surface area contributed by atoms with Gasteiger partial charge in [0.2, 0.25) is 5.95 Å². The second kappa shape index (κ2) is 4.08. The first-order valence-corrected chi connectivity index (χ1v) is 5.20. The monoisotopic (exact) mass is 264 g/mol. The maximum absolute atomic E-state index is 11.7. The van der Waals surface area contributed by atoms with Crippen LogP contribution in [0, 0.1) is 0 Å². The molecule has 0 unspecified atom stereocenters. The van der Waals surface area contributed by atoms with Crippen LogP contribution in [0.15, 0.2) is 23.2 Å². The summed E-state index contributed by atoms with van der Waals surface area (Å²) < 4.78 is 4.56. The van der Waals surface area contributed by atoms with Gasteiger partial charge in [0.1, 0.15) is 11.8 Å². The number of nitrogens with one attached hydrogen (secondary N) is 2. The van der Waals surface area contributed by atoms with Crippen LogP contribution in [0.2, 0.25) is 5.15 Å². The SMILES string of the molecule is O=C(Nc1nc(Cl)c2[nH]cnc2n1)c1ccon1. The summed E-state index contributed by atoms with van der Waals surface area (Å²) in [6.07, 6.45) is 2.73. The van der Waals surface area contributed by atoms with E-state index in [1.165, 1.54) is 18.7 Å². The maximum Gasteiger partial charge on any atom is 0.280 e. The van der Waals surface area contributed by atoms with E-state index in [1.54, 1.807) is 0 Å². The van der Waals surface area contributed by atoms with Crippen molar-refractivity contribution in [2.45, 2.75) is 0 Å². The molecule has 0 aliphatic carbocycles. The van der Waals surface area contributed by atoms with E-state index in [1.807, 2.05) is 0 Å². The Labute approximate surface area is 104 Å². The first-order chi connectivity index (χ1) is 8.74. The number of hydrogen-bond acceptors (Lipinski definition) is 6. The number of H-pyrrole nitrogens is 1. The number of hydrogen-bond donors (Lipinski definition) is 2. The molecule has 0 spiro atoms. The zero-order valence-corrected chi connectivity index (χ0v) is 9.47. The lowest BCUT2D eigenvalue weighted by atomic mass is 10.4. The molecule has 0 atom stereocenters. The Bertz CT molecular complexity index is 707. The van der Waals surface area contributed by atoms with Gasteiger partial charge in [0, 0.05) is 6.07 Å². The molecule has 0 saturated heterocycles. The van der Waals surface area contributed by atoms with Crippen molar-refractivity contribution in [3.05, 3.63) is 29.5 Å². The van der Waals surface area contributed by atoms with Crippen molar-refractivity contribution < 1.29 is 9.32 Å². The first kappa shape index (κ1) is 10.7. The highest BCUT2D eigenvalue weighted by Gasteiger charge is 2.13. The molecule has 3 aromatic rings. The fourth-order valence-corrected chi connectivity index (χ4v) is 1.57. The second-order valence-corrected chi connectivity index (χ2v) is 3.64. The Hall–Kier alpha value is -2.48. The number of nitrogens with zero attached hydrogens (tertiary/aromatic N) is 4. The summed E-state index contributed by atoms with van der Waals surface area (Å²) in [5.74, 6) is -0.442. The number of carbonyl (C=O) groups is 1. The van der Waals surface area contributed by atoms with Crippen molar-refractivity contribution in [1.82, 2.24) is 25.1 Å². The van der Waals surface area contributed by atoms with E-state index in [0.717, 1.165) is 0 Å². The van der Waals surface area contributed by atoms with Gasteiger partial charge in [-0.2, -0.15) is 9.97 Å². The number of halogens is 1. The van der Waals surface area contributed by atoms with E-state index >= 15 is 0 Å². The number of carbonyl (C=O) groups excluding carboxylic acids is 1. The van der Waals surface area contributed by atoms with Crippen LogP contribution in [0.25, 0.3) is 11.2 Å². The lowest BCUT2D eigenvalue weighted by Crippen LogP contribution is -2.14. The molecule has 3 aromatic heterocycles. The third kappa shape index (κ3) is 1.78. The first-order valence-electron chi connectivity index (χ1n) is 4.82. The number of rotatable bonds is 2. The largest absolute Gasteiger partial charge is 0.364 e. The van der Waals surface area contributed by atoms with Crippen LogP contribution >= 0.6 is 11.6 Å². The molecular weight excluding hydrogens is 260 g/mol. The Kier molecular flexibility index (Phi) is 2.41. The molecule has 8 nitrogen and oxygen atoms in total. The molecule has 90 valence electrons. The van der Waals surface area contributed by atoms with Gasteiger partial charge in [-0.05, 0) is 0 Å². The zero-order valence-electron chi connectivity index (χ0n) is 8.72. The summed E-state index contributed by atoms with van der Waals surface area (Å²) in [7, 11) is 0. The van der Waals surface area contributed by atoms with Crippen LogP contribution in [-0.4, -0.2) is 31.0 Å². The van der Waals surface area contributed by atoms with Crippen molar-refractivity contribution in [2.75, 3.05) is 5.32 Å². The third-order valence-electron chi connectivity index (χ3n) is 2.14. The van der Waals surface area contributed by atoms with Gasteiger partial charge >= 0.3 is 0 Å². The van der Waals surface area contributed by atoms with E-state index in [-0.39, 0.29) is 16.8 Å². The highest BCUT2D eigenvalue weighted by atomic mass is 35.5. The molecule has 0 fully saturated rings. The van der Waals surface area contributed by atoms with E-state index in [9.17, 15) is 4.79 Å². The van der Waals surface area contributed by atoms with Gasteiger partial charge in [-0.15, -0.1) is 0 Å². The standard InChI is InChI=1S/C9H5ClN6O2/c10-6-5-7(12-3-11-5)14-9(13-6)15-8(17)4-1-2-18-16-4/h1-3H,(H2,11,12,13,14,15,17). The molecule has 2 N–H and O–H groups in total. The molecule has 0 radical (unpaired) electrons. The summed E-state index contributed by atoms with van der Waals surface area (Å²) in [5, 5.41) is 6.11. The number of imidazole rings is 1. The van der Waals surface area contributed by atoms with Gasteiger partial charge in [0.15, 0.2) is 16.5 Å². The Morgan fingerprint density at radius 1 is 1.44 bits per heavy atom. The molecule has 0 bridgehead atoms. The van der Waals surface area contributed by atoms with Gasteiger partial charge < -0.3 is 9.51 Å². The maximum atomic E-state index is 11.7. The highest BCUT2D eigenvalue weighted by molar-refractivity contribution is 6.33. The van der Waals surface area contributed by atoms with Crippen molar-refractivity contribution in [3.63, 3.8) is 0 Å². The summed E-state index contributed by atoms with van der Waals surface area (Å²) in [4.78, 5) is 26.3. The van der Waals surface area contributed by atoms with Crippen LogP contribution in [0.1, 0.15) is 10.5 Å². The minimum atomic E-state index is -0.491. The second-order valence-electron chi connectivity index (χ2n) is 3.28. The van der Waals surface area contributed by atoms with E-state index < -0.39 is 5.91 Å². The molecule has 9 heteroatoms. The van der Waals surface area contributed by atoms with E-state index in [4.69, 9.17) is 11.6 Å². The molecule has 3 heterocycles. The molecule has 0 aliphatic heterocycles. The number of aromatic amines is 1. The number of fused-ring (bicyclic) bond motifs is 1. The van der Waals surface area contributed by atoms with E-state index in [2.05, 4.69) is 34.9 Å². The highest BCUT2D eigenvalue weighted by Crippen LogP contribution is 2.18. The zero-order chi connectivity index (χ0) is 12.5. The van der Waals surface area contributed by atoms with Gasteiger partial charge in [0.05, 0.1) is 6.33 Å². The topological polar surface area (TPSA) is 110 Å². The normalized spacial score (nSPS) is 10.7. The third-order valence-corrected chi connectivity index (χ3v) is 2.41. The fraction of sp³-hybridized carbons (Fsp3) is 0. The lowest BCUT2D eigenvalue weighted by Gasteiger charge is -2.01. The predicted molar refractivity (Wildman–Crippen MR) is 61.1 cm³/mol. The summed E-state index contributed by atoms with van der Waals surface area (Å²) in [5.41, 5.74) is 0.999. The summed E-state index contributed by atoms with van der Waals surface area (Å²) in [6.45, 7) is 0. The van der Waals surface area contributed by atoms with Gasteiger partial charge in [-0.25, -0.2) is 4.98 Å². The van der Waals surface area contributed by atoms with Crippen LogP contribution < -0.4 is 5.32 Å². The van der Waals surface area contributed by atoms with Crippen LogP contribution in [0.4, 0.5) is 5.95 Å². The summed E-state index contributed by atoms with van der Waals surface area (Å²) in [6, 6.07) is 1.42. The minimum Gasteiger partial charge on any atom is -0.364 e. The average Bonchev–Trinajstić information content (AvgIpc) is 2.99. The van der Waals surface area contributed by atoms with Gasteiger partial charge in [-0.3, -0.25) is 10.1 Å². The molecule has 0 aromatic carbocycles. The average molecular weight is 265 g/mol. The van der Waals surface area contributed by atoms with E-state index in [0.29, 0.717) is 11.2 Å². The molecule has 3 rings (SSSR count). The van der Waals surface area contributed by atoms with Crippen molar-refractivity contribution >= 4 is 34.6 Å². The predicted octanol–water partition coefficient (Wildman–Crippen LogP) is 1.25. The van der Waals surface area contributed by atoms with Crippen molar-refractivity contribution in [2.24, 2.45) is 0 Å². The molecule has 0 saturated carbocycles. The Morgan fingerprint density at radius 2 is 2.33 bits per heavy atom. The fourth-order valence-electron chi connectivity index (χ4n) is 1.35. The lowest BCUT2D eigenvalue weighted by molar-refractivity contribution is 0.101.